The Labute approximate surface area is 94.0 Å². The van der Waals surface area contributed by atoms with E-state index < -0.39 is 8.41 Å². The summed E-state index contributed by atoms with van der Waals surface area (Å²) < 4.78 is 0. The number of aliphatic hydroxyl groups is 2. The average molecular weight is 234 g/mol. The molecule has 84 valence electrons. The zero-order valence-electron chi connectivity index (χ0n) is 9.32. The van der Waals surface area contributed by atoms with E-state index in [0.717, 1.165) is 12.8 Å². The molecule has 0 aliphatic carbocycles. The molecule has 0 fully saturated rings. The van der Waals surface area contributed by atoms with Crippen molar-refractivity contribution < 1.29 is 10.2 Å². The predicted octanol–water partition coefficient (Wildman–Crippen LogP) is 1.85. The lowest BCUT2D eigenvalue weighted by atomic mass is 10.2. The van der Waals surface area contributed by atoms with Crippen molar-refractivity contribution >= 4 is 26.4 Å². The lowest BCUT2D eigenvalue weighted by molar-refractivity contribution is 0.259. The van der Waals surface area contributed by atoms with Gasteiger partial charge in [-0.3, -0.25) is 0 Å². The molecule has 0 aromatic carbocycles. The highest BCUT2D eigenvalue weighted by atomic mass is 32.1. The smallest absolute Gasteiger partial charge is 0.0703 e. The van der Waals surface area contributed by atoms with Gasteiger partial charge in [0.1, 0.15) is 0 Å². The van der Waals surface area contributed by atoms with Crippen LogP contribution >= 0.6 is 12.6 Å². The van der Waals surface area contributed by atoms with E-state index in [0.29, 0.717) is 10.2 Å². The quantitative estimate of drug-likeness (QED) is 0.485. The van der Waals surface area contributed by atoms with E-state index in [9.17, 15) is 5.11 Å². The summed E-state index contributed by atoms with van der Waals surface area (Å²) >= 11 is 4.51. The Morgan fingerprint density at radius 3 is 2.50 bits per heavy atom. The zero-order chi connectivity index (χ0) is 11.1. The van der Waals surface area contributed by atoms with Gasteiger partial charge in [0.25, 0.3) is 0 Å². The van der Waals surface area contributed by atoms with E-state index in [1.165, 1.54) is 6.42 Å². The van der Waals surface area contributed by atoms with Crippen molar-refractivity contribution in [3.05, 3.63) is 0 Å². The first-order chi connectivity index (χ1) is 6.54. The molecule has 0 spiro atoms. The minimum Gasteiger partial charge on any atom is -0.518 e. The second kappa shape index (κ2) is 7.48. The monoisotopic (exact) mass is 234 g/mol. The number of thiol groups is 1. The summed E-state index contributed by atoms with van der Waals surface area (Å²) in [4.78, 5) is 0.300. The fraction of sp³-hybridized carbons (Fsp3) is 0.900. The van der Waals surface area contributed by atoms with Crippen LogP contribution in [0.25, 0.3) is 0 Å². The van der Waals surface area contributed by atoms with Gasteiger partial charge in [-0.2, -0.15) is 12.6 Å². The summed E-state index contributed by atoms with van der Waals surface area (Å²) in [6.45, 7) is 6.11. The topological polar surface area (TPSA) is 40.5 Å². The van der Waals surface area contributed by atoms with Crippen LogP contribution in [0.4, 0.5) is 0 Å². The van der Waals surface area contributed by atoms with Crippen LogP contribution in [0.15, 0.2) is 0 Å². The molecule has 2 N–H and O–H groups in total. The van der Waals surface area contributed by atoms with Gasteiger partial charge in [0.05, 0.1) is 20.4 Å². The first-order valence-corrected chi connectivity index (χ1v) is 7.82. The maximum absolute atomic E-state index is 9.81. The lowest BCUT2D eigenvalue weighted by Crippen LogP contribution is -2.29. The lowest BCUT2D eigenvalue weighted by Gasteiger charge is -2.15. The van der Waals surface area contributed by atoms with Crippen molar-refractivity contribution in [2.45, 2.75) is 44.5 Å². The van der Waals surface area contributed by atoms with Crippen LogP contribution in [-0.4, -0.2) is 35.5 Å². The molecular weight excluding hydrogens is 212 g/mol. The van der Waals surface area contributed by atoms with Crippen molar-refractivity contribution in [3.63, 3.8) is 0 Å². The van der Waals surface area contributed by atoms with Crippen molar-refractivity contribution in [1.29, 1.82) is 0 Å². The van der Waals surface area contributed by atoms with Crippen molar-refractivity contribution in [3.8, 4) is 0 Å². The molecule has 0 saturated carbocycles. The number of rotatable bonds is 6. The van der Waals surface area contributed by atoms with Crippen LogP contribution in [-0.2, 0) is 0 Å². The van der Waals surface area contributed by atoms with Gasteiger partial charge in [0.15, 0.2) is 0 Å². The van der Waals surface area contributed by atoms with Gasteiger partial charge in [-0.1, -0.05) is 33.2 Å². The Hall–Kier alpha value is 0.197. The fourth-order valence-corrected chi connectivity index (χ4v) is 3.69. The number of hydrogen-bond donors (Lipinski definition) is 3. The standard InChI is InChI=1S/C10H22O2SSi/c1-4-5-6-9(13)14(3)10(12)8(2)7-11/h8-9,11-13H,4-7H2,1-3H3/b14-10+. The minimum atomic E-state index is -0.952. The van der Waals surface area contributed by atoms with Crippen LogP contribution in [0.3, 0.4) is 0 Å². The Balaban J connectivity index is 4.31. The van der Waals surface area contributed by atoms with E-state index in [2.05, 4.69) is 26.1 Å². The number of unbranched alkanes of at least 4 members (excludes halogenated alkanes) is 1. The van der Waals surface area contributed by atoms with E-state index >= 15 is 0 Å². The second-order valence-corrected chi connectivity index (χ2v) is 7.49. The molecule has 0 saturated heterocycles. The number of hydrogen-bond acceptors (Lipinski definition) is 3. The summed E-state index contributed by atoms with van der Waals surface area (Å²) in [6.07, 6.45) is 3.39. The molecular formula is C10H22O2SSi. The summed E-state index contributed by atoms with van der Waals surface area (Å²) in [5.74, 6) is -0.0924. The highest BCUT2D eigenvalue weighted by Gasteiger charge is 2.15. The highest BCUT2D eigenvalue weighted by molar-refractivity contribution is 7.82. The van der Waals surface area contributed by atoms with E-state index in [4.69, 9.17) is 5.11 Å². The van der Waals surface area contributed by atoms with Crippen molar-refractivity contribution in [2.24, 2.45) is 5.92 Å². The highest BCUT2D eigenvalue weighted by Crippen LogP contribution is 2.09. The molecule has 14 heavy (non-hydrogen) atoms. The van der Waals surface area contributed by atoms with Crippen LogP contribution in [0.5, 0.6) is 0 Å². The largest absolute Gasteiger partial charge is 0.518 e. The Morgan fingerprint density at radius 1 is 1.50 bits per heavy atom. The molecule has 2 unspecified atom stereocenters. The molecule has 0 radical (unpaired) electrons. The first kappa shape index (κ1) is 14.2. The van der Waals surface area contributed by atoms with Crippen molar-refractivity contribution in [2.75, 3.05) is 6.61 Å². The Kier molecular flexibility index (Phi) is 7.59. The third kappa shape index (κ3) is 4.62. The first-order valence-electron chi connectivity index (χ1n) is 5.23. The fourth-order valence-electron chi connectivity index (χ4n) is 1.26. The van der Waals surface area contributed by atoms with Gasteiger partial charge in [0, 0.05) is 10.8 Å². The molecule has 4 heteroatoms. The van der Waals surface area contributed by atoms with Crippen LogP contribution < -0.4 is 0 Å². The molecule has 0 aromatic heterocycles. The third-order valence-corrected chi connectivity index (χ3v) is 6.48. The summed E-state index contributed by atoms with van der Waals surface area (Å²) in [5.41, 5.74) is 0. The molecule has 2 nitrogen and oxygen atoms in total. The molecule has 0 rings (SSSR count). The van der Waals surface area contributed by atoms with Gasteiger partial charge in [-0.25, -0.2) is 0 Å². The second-order valence-electron chi connectivity index (χ2n) is 3.81. The molecule has 2 atom stereocenters. The summed E-state index contributed by atoms with van der Waals surface area (Å²) in [6, 6.07) is 0. The van der Waals surface area contributed by atoms with E-state index in [1.54, 1.807) is 0 Å². The Morgan fingerprint density at radius 2 is 2.07 bits per heavy atom. The molecule has 0 heterocycles. The van der Waals surface area contributed by atoms with E-state index in [-0.39, 0.29) is 12.5 Å². The zero-order valence-corrected chi connectivity index (χ0v) is 11.2. The molecule has 0 aliphatic heterocycles. The van der Waals surface area contributed by atoms with Crippen molar-refractivity contribution in [1.82, 2.24) is 0 Å². The van der Waals surface area contributed by atoms with Crippen LogP contribution in [0, 0.1) is 5.92 Å². The molecule has 0 bridgehead atoms. The summed E-state index contributed by atoms with van der Waals surface area (Å²) in [7, 11) is -0.952. The normalized spacial score (nSPS) is 17.5. The summed E-state index contributed by atoms with van der Waals surface area (Å²) in [5, 5.41) is 19.2. The van der Waals surface area contributed by atoms with Gasteiger partial charge in [0.2, 0.25) is 0 Å². The predicted molar refractivity (Wildman–Crippen MR) is 67.1 cm³/mol. The van der Waals surface area contributed by atoms with Gasteiger partial charge < -0.3 is 10.2 Å². The minimum absolute atomic E-state index is 0.0299. The average Bonchev–Trinajstić information content (AvgIpc) is 2.22. The number of aliphatic hydroxyl groups excluding tert-OH is 2. The SMILES string of the molecule is CCCCC(S)/[Si](C)=C(/O)C(C)CO. The van der Waals surface area contributed by atoms with Gasteiger partial charge >= 0.3 is 0 Å². The van der Waals surface area contributed by atoms with Gasteiger partial charge in [-0.05, 0) is 6.42 Å². The molecule has 0 aromatic rings. The molecule has 0 amide bonds. The van der Waals surface area contributed by atoms with Crippen LogP contribution in [0.2, 0.25) is 6.55 Å². The molecule has 0 aliphatic rings. The third-order valence-electron chi connectivity index (χ3n) is 2.48. The maximum atomic E-state index is 9.81. The van der Waals surface area contributed by atoms with Crippen LogP contribution in [0.1, 0.15) is 33.1 Å². The van der Waals surface area contributed by atoms with Gasteiger partial charge in [-0.15, -0.1) is 0 Å². The maximum Gasteiger partial charge on any atom is 0.0703 e. The van der Waals surface area contributed by atoms with E-state index in [1.807, 2.05) is 6.92 Å². The Bertz CT molecular complexity index is 195.